The fraction of sp³-hybridized carbons (Fsp3) is 0.286. The van der Waals surface area contributed by atoms with Crippen molar-refractivity contribution in [2.45, 2.75) is 6.54 Å². The van der Waals surface area contributed by atoms with Crippen LogP contribution < -0.4 is 0 Å². The zero-order valence-corrected chi connectivity index (χ0v) is 15.3. The van der Waals surface area contributed by atoms with Gasteiger partial charge in [0.2, 0.25) is 0 Å². The molecule has 2 aromatic heterocycles. The molecule has 3 heterocycles. The van der Waals surface area contributed by atoms with Gasteiger partial charge in [0.15, 0.2) is 0 Å². The molecular formula is C21H22FN5. The summed E-state index contributed by atoms with van der Waals surface area (Å²) < 4.78 is 13.4. The number of halogens is 1. The van der Waals surface area contributed by atoms with Gasteiger partial charge >= 0.3 is 0 Å². The van der Waals surface area contributed by atoms with Crippen LogP contribution in [-0.2, 0) is 6.54 Å². The number of rotatable bonds is 3. The van der Waals surface area contributed by atoms with Crippen LogP contribution in [0.2, 0.25) is 0 Å². The van der Waals surface area contributed by atoms with Crippen molar-refractivity contribution in [3.05, 3.63) is 54.2 Å². The molecule has 2 aromatic carbocycles. The summed E-state index contributed by atoms with van der Waals surface area (Å²) in [6.45, 7) is 5.21. The lowest BCUT2D eigenvalue weighted by molar-refractivity contribution is 0.146. The zero-order chi connectivity index (χ0) is 18.4. The van der Waals surface area contributed by atoms with Crippen molar-refractivity contribution in [3.63, 3.8) is 0 Å². The van der Waals surface area contributed by atoms with Crippen LogP contribution in [0, 0.1) is 5.82 Å². The van der Waals surface area contributed by atoms with Crippen LogP contribution >= 0.6 is 0 Å². The Morgan fingerprint density at radius 3 is 2.74 bits per heavy atom. The van der Waals surface area contributed by atoms with Gasteiger partial charge in [-0.05, 0) is 42.9 Å². The van der Waals surface area contributed by atoms with E-state index in [2.05, 4.69) is 45.0 Å². The highest BCUT2D eigenvalue weighted by Gasteiger charge is 2.16. The molecule has 2 N–H and O–H groups in total. The van der Waals surface area contributed by atoms with Gasteiger partial charge in [-0.2, -0.15) is 0 Å². The summed E-state index contributed by atoms with van der Waals surface area (Å²) in [5.74, 6) is 0.779. The standard InChI is InChI=1S/C21H22FN5/c1-26-6-8-27(9-7-26)13-21-24-18-5-2-14(10-20(18)25-21)17-12-23-19-11-15(22)3-4-16(17)19/h2-5,10-12,23H,6-9,13H2,1H3,(H,24,25). The van der Waals surface area contributed by atoms with E-state index in [4.69, 9.17) is 4.98 Å². The van der Waals surface area contributed by atoms with E-state index < -0.39 is 0 Å². The Balaban J connectivity index is 1.45. The van der Waals surface area contributed by atoms with Crippen molar-refractivity contribution in [2.24, 2.45) is 0 Å². The summed E-state index contributed by atoms with van der Waals surface area (Å²) in [7, 11) is 2.17. The molecule has 0 saturated carbocycles. The number of nitrogens with one attached hydrogen (secondary N) is 2. The van der Waals surface area contributed by atoms with Gasteiger partial charge < -0.3 is 14.9 Å². The van der Waals surface area contributed by atoms with Crippen molar-refractivity contribution < 1.29 is 4.39 Å². The number of piperazine rings is 1. The van der Waals surface area contributed by atoms with E-state index in [1.165, 1.54) is 12.1 Å². The van der Waals surface area contributed by atoms with Gasteiger partial charge in [0.1, 0.15) is 11.6 Å². The number of aromatic nitrogens is 3. The SMILES string of the molecule is CN1CCN(Cc2nc3ccc(-c4c[nH]c5cc(F)ccc45)cc3[nH]2)CC1. The lowest BCUT2D eigenvalue weighted by atomic mass is 10.0. The fourth-order valence-electron chi connectivity index (χ4n) is 3.86. The van der Waals surface area contributed by atoms with Gasteiger partial charge in [-0.25, -0.2) is 9.37 Å². The third-order valence-corrected chi connectivity index (χ3v) is 5.45. The van der Waals surface area contributed by atoms with Crippen LogP contribution in [-0.4, -0.2) is 58.0 Å². The summed E-state index contributed by atoms with van der Waals surface area (Å²) in [6.07, 6.45) is 1.94. The Labute approximate surface area is 156 Å². The third kappa shape index (κ3) is 3.11. The third-order valence-electron chi connectivity index (χ3n) is 5.45. The maximum absolute atomic E-state index is 13.4. The normalized spacial score (nSPS) is 16.5. The monoisotopic (exact) mass is 363 g/mol. The number of likely N-dealkylation sites (N-methyl/N-ethyl adjacent to an activating group) is 1. The van der Waals surface area contributed by atoms with Crippen LogP contribution in [0.15, 0.2) is 42.6 Å². The Bertz CT molecular complexity index is 1100. The molecule has 0 bridgehead atoms. The van der Waals surface area contributed by atoms with Crippen molar-refractivity contribution in [3.8, 4) is 11.1 Å². The number of hydrogen-bond donors (Lipinski definition) is 2. The second kappa shape index (κ2) is 6.48. The molecule has 4 aromatic rings. The van der Waals surface area contributed by atoms with E-state index in [1.54, 1.807) is 0 Å². The highest BCUT2D eigenvalue weighted by molar-refractivity contribution is 5.97. The Morgan fingerprint density at radius 2 is 1.89 bits per heavy atom. The average Bonchev–Trinajstić information content (AvgIpc) is 3.25. The predicted molar refractivity (Wildman–Crippen MR) is 106 cm³/mol. The first kappa shape index (κ1) is 16.5. The van der Waals surface area contributed by atoms with Gasteiger partial charge in [-0.15, -0.1) is 0 Å². The van der Waals surface area contributed by atoms with Crippen molar-refractivity contribution in [1.29, 1.82) is 0 Å². The summed E-state index contributed by atoms with van der Waals surface area (Å²) in [4.78, 5) is 16.2. The van der Waals surface area contributed by atoms with Crippen molar-refractivity contribution in [2.75, 3.05) is 33.2 Å². The molecule has 1 fully saturated rings. The van der Waals surface area contributed by atoms with Crippen LogP contribution in [0.3, 0.4) is 0 Å². The molecule has 0 unspecified atom stereocenters. The number of H-pyrrole nitrogens is 2. The van der Waals surface area contributed by atoms with Gasteiger partial charge in [-0.3, -0.25) is 4.90 Å². The van der Waals surface area contributed by atoms with Gasteiger partial charge in [0, 0.05) is 48.8 Å². The molecule has 1 saturated heterocycles. The molecule has 0 radical (unpaired) electrons. The molecule has 6 heteroatoms. The zero-order valence-electron chi connectivity index (χ0n) is 15.3. The topological polar surface area (TPSA) is 50.9 Å². The summed E-state index contributed by atoms with van der Waals surface area (Å²) in [5, 5.41) is 1.02. The minimum absolute atomic E-state index is 0.228. The molecule has 27 heavy (non-hydrogen) atoms. The van der Waals surface area contributed by atoms with E-state index in [-0.39, 0.29) is 5.82 Å². The number of fused-ring (bicyclic) bond motifs is 2. The molecule has 0 spiro atoms. The van der Waals surface area contributed by atoms with E-state index >= 15 is 0 Å². The number of benzene rings is 2. The largest absolute Gasteiger partial charge is 0.360 e. The average molecular weight is 363 g/mol. The second-order valence-corrected chi connectivity index (χ2v) is 7.39. The molecule has 5 rings (SSSR count). The summed E-state index contributed by atoms with van der Waals surface area (Å²) in [6, 6.07) is 11.1. The molecular weight excluding hydrogens is 341 g/mol. The first-order valence-corrected chi connectivity index (χ1v) is 9.32. The quantitative estimate of drug-likeness (QED) is 0.585. The van der Waals surface area contributed by atoms with Gasteiger partial charge in [0.05, 0.1) is 17.6 Å². The van der Waals surface area contributed by atoms with Crippen molar-refractivity contribution >= 4 is 21.9 Å². The molecule has 1 aliphatic rings. The van der Waals surface area contributed by atoms with Crippen LogP contribution in [0.1, 0.15) is 5.82 Å². The summed E-state index contributed by atoms with van der Waals surface area (Å²) >= 11 is 0. The Kier molecular flexibility index (Phi) is 3.95. The number of aromatic amines is 2. The molecule has 0 amide bonds. The van der Waals surface area contributed by atoms with E-state index in [0.29, 0.717) is 0 Å². The first-order chi connectivity index (χ1) is 13.2. The minimum atomic E-state index is -0.228. The lowest BCUT2D eigenvalue weighted by Crippen LogP contribution is -2.44. The molecule has 0 atom stereocenters. The molecule has 5 nitrogen and oxygen atoms in total. The first-order valence-electron chi connectivity index (χ1n) is 9.32. The minimum Gasteiger partial charge on any atom is -0.360 e. The van der Waals surface area contributed by atoms with E-state index in [1.807, 2.05) is 12.3 Å². The van der Waals surface area contributed by atoms with Gasteiger partial charge in [0.25, 0.3) is 0 Å². The number of nitrogens with zero attached hydrogens (tertiary/aromatic N) is 3. The van der Waals surface area contributed by atoms with E-state index in [0.717, 1.165) is 71.6 Å². The van der Waals surface area contributed by atoms with Crippen LogP contribution in [0.25, 0.3) is 33.1 Å². The second-order valence-electron chi connectivity index (χ2n) is 7.39. The van der Waals surface area contributed by atoms with E-state index in [9.17, 15) is 4.39 Å². The lowest BCUT2D eigenvalue weighted by Gasteiger charge is -2.31. The number of hydrogen-bond acceptors (Lipinski definition) is 3. The summed E-state index contributed by atoms with van der Waals surface area (Å²) in [5.41, 5.74) is 4.99. The molecule has 0 aliphatic carbocycles. The predicted octanol–water partition coefficient (Wildman–Crippen LogP) is 3.60. The highest BCUT2D eigenvalue weighted by Crippen LogP contribution is 2.30. The molecule has 138 valence electrons. The smallest absolute Gasteiger partial charge is 0.125 e. The van der Waals surface area contributed by atoms with Crippen LogP contribution in [0.4, 0.5) is 4.39 Å². The number of imidazole rings is 1. The fourth-order valence-corrected chi connectivity index (χ4v) is 3.86. The maximum Gasteiger partial charge on any atom is 0.125 e. The molecule has 1 aliphatic heterocycles. The Morgan fingerprint density at radius 1 is 1.04 bits per heavy atom. The Hall–Kier alpha value is -2.70. The maximum atomic E-state index is 13.4. The van der Waals surface area contributed by atoms with Crippen molar-refractivity contribution in [1.82, 2.24) is 24.8 Å². The van der Waals surface area contributed by atoms with Crippen LogP contribution in [0.5, 0.6) is 0 Å². The highest BCUT2D eigenvalue weighted by atomic mass is 19.1. The van der Waals surface area contributed by atoms with Gasteiger partial charge in [-0.1, -0.05) is 6.07 Å².